The van der Waals surface area contributed by atoms with E-state index in [1.165, 1.54) is 171 Å². The molecule has 0 radical (unpaired) electrons. The fourth-order valence-corrected chi connectivity index (χ4v) is 16.8. The summed E-state index contributed by atoms with van der Waals surface area (Å²) < 4.78 is 14.8. The number of benzene rings is 12. The molecule has 0 unspecified atom stereocenters. The van der Waals surface area contributed by atoms with Crippen LogP contribution >= 0.6 is 0 Å². The maximum absolute atomic E-state index is 7.19. The van der Waals surface area contributed by atoms with E-state index >= 15 is 0 Å². The summed E-state index contributed by atoms with van der Waals surface area (Å²) in [6.07, 6.45) is 0. The fourth-order valence-electron chi connectivity index (χ4n) is 16.8. The summed E-state index contributed by atoms with van der Waals surface area (Å²) in [6.45, 7) is 42.4. The second kappa shape index (κ2) is 21.6. The summed E-state index contributed by atoms with van der Waals surface area (Å²) in [6, 6.07) is 87.2. The Labute approximate surface area is 599 Å². The molecule has 504 valence electrons. The van der Waals surface area contributed by atoms with Gasteiger partial charge in [0.1, 0.15) is 5.58 Å². The molecule has 0 saturated heterocycles. The zero-order chi connectivity index (χ0) is 71.0. The van der Waals surface area contributed by atoms with Gasteiger partial charge in [0.05, 0.1) is 44.0 Å². The molecule has 0 spiro atoms. The number of rotatable bonds is 6. The first-order valence-electron chi connectivity index (χ1n) is 36.9. The molecule has 18 aromatic rings. The highest BCUT2D eigenvalue weighted by atomic mass is 16.3. The lowest BCUT2D eigenvalue weighted by Crippen LogP contribution is -2.16. The van der Waals surface area contributed by atoms with E-state index in [4.69, 9.17) is 4.42 Å². The van der Waals surface area contributed by atoms with Crippen molar-refractivity contribution in [1.82, 2.24) is 13.4 Å². The Morgan fingerprint density at radius 2 is 0.627 bits per heavy atom. The molecular weight excluding hydrogens is 1240 g/mol. The molecule has 0 amide bonds. The van der Waals surface area contributed by atoms with Crippen LogP contribution in [0.5, 0.6) is 0 Å². The largest absolute Gasteiger partial charge is 0.439 e. The average molecular weight is 1330 g/mol. The number of para-hydroxylation sites is 2. The SMILES string of the molecule is CC(C)(C)c1cc(-c2cc(-c3ccc4c(c3)c3ccccc3n4-c3cccc(-c4ccccc4)c3)c3c(c2)c2cc(-c4cc(C(C)(C)C)cc(C(C)(C)C)c4)cc4c5c6c7cc(-c8cc(C(C)(C)C)cc(C(C)(C)C)c8)cc8c9c%10ccccc%10oc9n(c6ccc5n3c24)c78)cc(C(C)(C)C)c1. The molecule has 0 fully saturated rings. The monoisotopic (exact) mass is 1330 g/mol. The summed E-state index contributed by atoms with van der Waals surface area (Å²) in [4.78, 5) is 0. The van der Waals surface area contributed by atoms with Gasteiger partial charge in [-0.25, -0.2) is 0 Å². The van der Waals surface area contributed by atoms with Crippen LogP contribution in [0.1, 0.15) is 158 Å². The van der Waals surface area contributed by atoms with E-state index in [0.29, 0.717) is 0 Å². The molecular formula is C98H91N3O. The topological polar surface area (TPSA) is 26.9 Å². The molecule has 0 saturated carbocycles. The normalized spacial score (nSPS) is 13.4. The van der Waals surface area contributed by atoms with E-state index in [1.54, 1.807) is 0 Å². The van der Waals surface area contributed by atoms with Crippen LogP contribution in [0.25, 0.3) is 170 Å². The minimum Gasteiger partial charge on any atom is -0.439 e. The van der Waals surface area contributed by atoms with Crippen molar-refractivity contribution in [3.05, 3.63) is 258 Å². The van der Waals surface area contributed by atoms with Crippen molar-refractivity contribution >= 4 is 109 Å². The molecule has 0 aliphatic carbocycles. The van der Waals surface area contributed by atoms with Crippen LogP contribution in [-0.4, -0.2) is 13.4 Å². The molecule has 0 aliphatic heterocycles. The molecule has 4 heteroatoms. The predicted octanol–water partition coefficient (Wildman–Crippen LogP) is 28.0. The van der Waals surface area contributed by atoms with E-state index in [2.05, 4.69) is 362 Å². The third-order valence-electron chi connectivity index (χ3n) is 22.7. The van der Waals surface area contributed by atoms with E-state index < -0.39 is 0 Å². The molecule has 6 heterocycles. The summed E-state index contributed by atoms with van der Waals surface area (Å²) in [5.41, 5.74) is 30.8. The van der Waals surface area contributed by atoms with Crippen LogP contribution in [-0.2, 0) is 32.5 Å². The highest BCUT2D eigenvalue weighted by Crippen LogP contribution is 2.54. The van der Waals surface area contributed by atoms with Crippen molar-refractivity contribution in [3.8, 4) is 61.3 Å². The number of furan rings is 1. The minimum absolute atomic E-state index is 0.0696. The van der Waals surface area contributed by atoms with Gasteiger partial charge in [-0.1, -0.05) is 264 Å². The molecule has 6 aromatic heterocycles. The number of fused-ring (bicyclic) bond motifs is 18. The van der Waals surface area contributed by atoms with Gasteiger partial charge in [-0.05, 0) is 201 Å². The quantitative estimate of drug-likeness (QED) is 0.163. The lowest BCUT2D eigenvalue weighted by Gasteiger charge is -2.26. The highest BCUT2D eigenvalue weighted by molar-refractivity contribution is 6.38. The lowest BCUT2D eigenvalue weighted by molar-refractivity contribution is 0.568. The van der Waals surface area contributed by atoms with Crippen LogP contribution in [0, 0.1) is 0 Å². The molecule has 102 heavy (non-hydrogen) atoms. The molecule has 0 aliphatic rings. The van der Waals surface area contributed by atoms with Gasteiger partial charge < -0.3 is 13.4 Å². The zero-order valence-corrected chi connectivity index (χ0v) is 62.6. The zero-order valence-electron chi connectivity index (χ0n) is 62.6. The molecule has 0 bridgehead atoms. The second-order valence-corrected chi connectivity index (χ2v) is 36.0. The first kappa shape index (κ1) is 63.7. The van der Waals surface area contributed by atoms with Gasteiger partial charge in [0.25, 0.3) is 0 Å². The third kappa shape index (κ3) is 9.82. The Hall–Kier alpha value is -10.4. The first-order chi connectivity index (χ1) is 48.3. The molecule has 4 nitrogen and oxygen atoms in total. The van der Waals surface area contributed by atoms with E-state index in [0.717, 1.165) is 33.3 Å². The van der Waals surface area contributed by atoms with Gasteiger partial charge in [-0.3, -0.25) is 4.40 Å². The Bertz CT molecular complexity index is 6430. The Kier molecular flexibility index (Phi) is 13.5. The second-order valence-electron chi connectivity index (χ2n) is 36.0. The highest BCUT2D eigenvalue weighted by Gasteiger charge is 2.32. The summed E-state index contributed by atoms with van der Waals surface area (Å²) >= 11 is 0. The minimum atomic E-state index is -0.0941. The van der Waals surface area contributed by atoms with Crippen LogP contribution in [0.15, 0.2) is 229 Å². The molecule has 18 rings (SSSR count). The van der Waals surface area contributed by atoms with Gasteiger partial charge in [-0.2, -0.15) is 0 Å². The van der Waals surface area contributed by atoms with Crippen LogP contribution in [0.2, 0.25) is 0 Å². The van der Waals surface area contributed by atoms with Gasteiger partial charge in [0, 0.05) is 65.1 Å². The van der Waals surface area contributed by atoms with Crippen molar-refractivity contribution in [3.63, 3.8) is 0 Å². The fraction of sp³-hybridized carbons (Fsp3) is 0.245. The molecule has 0 atom stereocenters. The maximum Gasteiger partial charge on any atom is 0.213 e. The van der Waals surface area contributed by atoms with E-state index in [9.17, 15) is 0 Å². The summed E-state index contributed by atoms with van der Waals surface area (Å²) in [5, 5.41) is 13.4. The van der Waals surface area contributed by atoms with E-state index in [1.807, 2.05) is 0 Å². The van der Waals surface area contributed by atoms with Gasteiger partial charge in [0.15, 0.2) is 0 Å². The Balaban J connectivity index is 1.02. The maximum atomic E-state index is 7.19. The molecule has 12 aromatic carbocycles. The van der Waals surface area contributed by atoms with Crippen LogP contribution in [0.3, 0.4) is 0 Å². The summed E-state index contributed by atoms with van der Waals surface area (Å²) in [5.74, 6) is 0. The standard InChI is InChI=1S/C98H91N3O/c1-93(2,3)65-39-59(40-66(53-65)94(4,5)6)62-47-74(58-35-36-82-75(46-58)72-31-22-24-33-81(72)99(82)71-30-26-29-57(45-71)56-27-20-19-21-28-56)89-76(48-62)77-49-63(60-41-67(95(7,8)9)54-68(42-60)96(10,11)12)51-79-87-83(100(89)90(77)79)37-38-84-88(87)80-52-64(61-43-69(97(13,14)15)55-70(44-61)98(16,17)18)50-78-86-73-32-23-25-34-85(73)102-92(86)101(84)91(78)80/h19-55H,1-18H3. The summed E-state index contributed by atoms with van der Waals surface area (Å²) in [7, 11) is 0. The first-order valence-corrected chi connectivity index (χ1v) is 36.9. The predicted molar refractivity (Wildman–Crippen MR) is 439 cm³/mol. The number of nitrogens with zero attached hydrogens (tertiary/aromatic N) is 3. The van der Waals surface area contributed by atoms with Gasteiger partial charge >= 0.3 is 0 Å². The van der Waals surface area contributed by atoms with Crippen molar-refractivity contribution in [2.75, 3.05) is 0 Å². The number of hydrogen-bond acceptors (Lipinski definition) is 1. The van der Waals surface area contributed by atoms with Crippen molar-refractivity contribution in [2.24, 2.45) is 0 Å². The third-order valence-corrected chi connectivity index (χ3v) is 22.7. The van der Waals surface area contributed by atoms with Gasteiger partial charge in [0.2, 0.25) is 5.71 Å². The van der Waals surface area contributed by atoms with Crippen molar-refractivity contribution in [1.29, 1.82) is 0 Å². The van der Waals surface area contributed by atoms with Crippen LogP contribution < -0.4 is 0 Å². The Morgan fingerprint density at radius 3 is 1.16 bits per heavy atom. The van der Waals surface area contributed by atoms with Crippen molar-refractivity contribution < 1.29 is 4.42 Å². The van der Waals surface area contributed by atoms with Gasteiger partial charge in [-0.15, -0.1) is 0 Å². The number of aromatic nitrogens is 3. The van der Waals surface area contributed by atoms with Crippen molar-refractivity contribution in [2.45, 2.75) is 157 Å². The molecule has 0 N–H and O–H groups in total. The Morgan fingerprint density at radius 1 is 0.235 bits per heavy atom. The smallest absolute Gasteiger partial charge is 0.213 e. The average Bonchev–Trinajstić information content (AvgIpc) is 1.50. The van der Waals surface area contributed by atoms with E-state index in [-0.39, 0.29) is 32.5 Å². The lowest BCUT2D eigenvalue weighted by atomic mass is 9.78. The number of hydrogen-bond donors (Lipinski definition) is 0. The van der Waals surface area contributed by atoms with Crippen LogP contribution in [0.4, 0.5) is 0 Å².